The molecule has 4 atom stereocenters. The summed E-state index contributed by atoms with van der Waals surface area (Å²) in [5.41, 5.74) is -1.22. The summed E-state index contributed by atoms with van der Waals surface area (Å²) in [6.07, 6.45) is 1.46. The molecule has 0 bridgehead atoms. The second-order valence-electron chi connectivity index (χ2n) is 19.2. The summed E-state index contributed by atoms with van der Waals surface area (Å²) < 4.78 is 33.5. The minimum atomic E-state index is -1.11. The summed E-state index contributed by atoms with van der Waals surface area (Å²) in [5, 5.41) is 20.2. The largest absolute Gasteiger partial charge is 0.493 e. The van der Waals surface area contributed by atoms with Crippen LogP contribution in [0.1, 0.15) is 127 Å². The molecule has 0 aromatic heterocycles. The molecule has 1 aliphatic rings. The highest BCUT2D eigenvalue weighted by Gasteiger charge is 2.41. The lowest BCUT2D eigenvalue weighted by Gasteiger charge is -2.38. The maximum atomic E-state index is 13.8. The Morgan fingerprint density at radius 1 is 0.797 bits per heavy atom. The Morgan fingerprint density at radius 2 is 1.39 bits per heavy atom. The first-order chi connectivity index (χ1) is 27.4. The van der Waals surface area contributed by atoms with Crippen molar-refractivity contribution in [1.82, 2.24) is 16.0 Å². The van der Waals surface area contributed by atoms with Crippen LogP contribution < -0.4 is 25.4 Å². The Kier molecular flexibility index (Phi) is 20.3. The highest BCUT2D eigenvalue weighted by atomic mass is 16.6. The van der Waals surface area contributed by atoms with Crippen LogP contribution in [-0.4, -0.2) is 98.6 Å². The third kappa shape index (κ3) is 18.2. The van der Waals surface area contributed by atoms with Crippen molar-refractivity contribution in [3.8, 4) is 11.5 Å². The molecule has 1 aromatic carbocycles. The first-order valence-electron chi connectivity index (χ1n) is 21.3. The van der Waals surface area contributed by atoms with Gasteiger partial charge in [-0.1, -0.05) is 47.6 Å². The number of nitrogens with one attached hydrogen (secondary N) is 3. The number of amides is 3. The predicted molar refractivity (Wildman–Crippen MR) is 227 cm³/mol. The second kappa shape index (κ2) is 23.3. The van der Waals surface area contributed by atoms with E-state index in [1.807, 2.05) is 45.9 Å². The number of benzene rings is 1. The fourth-order valence-electron chi connectivity index (χ4n) is 7.16. The first kappa shape index (κ1) is 51.4. The maximum Gasteiger partial charge on any atom is 0.408 e. The molecule has 59 heavy (non-hydrogen) atoms. The Balaban J connectivity index is 2.11. The van der Waals surface area contributed by atoms with Crippen molar-refractivity contribution >= 4 is 24.1 Å². The van der Waals surface area contributed by atoms with Gasteiger partial charge in [0, 0.05) is 32.1 Å². The number of ether oxygens (including phenoxy) is 6. The second-order valence-corrected chi connectivity index (χ2v) is 19.2. The lowest BCUT2D eigenvalue weighted by Crippen LogP contribution is -2.52. The fourth-order valence-corrected chi connectivity index (χ4v) is 7.16. The quantitative estimate of drug-likeness (QED) is 0.0552. The lowest BCUT2D eigenvalue weighted by atomic mass is 9.70. The van der Waals surface area contributed by atoms with E-state index >= 15 is 0 Å². The molecule has 0 radical (unpaired) electrons. The minimum absolute atomic E-state index is 0.00488. The van der Waals surface area contributed by atoms with E-state index in [-0.39, 0.29) is 42.2 Å². The molecule has 4 N–H and O–H groups in total. The Bertz CT molecular complexity index is 1480. The van der Waals surface area contributed by atoms with E-state index in [0.29, 0.717) is 63.2 Å². The van der Waals surface area contributed by atoms with E-state index in [4.69, 9.17) is 28.4 Å². The molecule has 1 saturated carbocycles. The molecule has 0 spiro atoms. The minimum Gasteiger partial charge on any atom is -0.493 e. The van der Waals surface area contributed by atoms with Crippen molar-refractivity contribution in [2.45, 2.75) is 164 Å². The highest BCUT2D eigenvalue weighted by molar-refractivity contribution is 5.82. The van der Waals surface area contributed by atoms with Crippen molar-refractivity contribution in [2.75, 3.05) is 34.0 Å². The van der Waals surface area contributed by atoms with Crippen LogP contribution in [0, 0.1) is 29.1 Å². The molecule has 0 saturated heterocycles. The number of esters is 1. The van der Waals surface area contributed by atoms with E-state index < -0.39 is 53.0 Å². The Labute approximate surface area is 353 Å². The van der Waals surface area contributed by atoms with Gasteiger partial charge in [0.1, 0.15) is 23.3 Å². The van der Waals surface area contributed by atoms with Gasteiger partial charge >= 0.3 is 18.2 Å². The number of hydrogen-bond acceptors (Lipinski definition) is 11. The number of rotatable bonds is 21. The van der Waals surface area contributed by atoms with Gasteiger partial charge in [0.05, 0.1) is 25.9 Å². The van der Waals surface area contributed by atoms with Gasteiger partial charge < -0.3 is 49.5 Å². The summed E-state index contributed by atoms with van der Waals surface area (Å²) in [4.78, 5) is 52.4. The summed E-state index contributed by atoms with van der Waals surface area (Å²) in [7, 11) is 3.25. The topological polar surface area (TPSA) is 180 Å². The average Bonchev–Trinajstić information content (AvgIpc) is 3.12. The van der Waals surface area contributed by atoms with Gasteiger partial charge in [-0.05, 0) is 121 Å². The molecule has 2 rings (SSSR count). The normalized spacial score (nSPS) is 18.3. The molecular weight excluding hydrogens is 759 g/mol. The van der Waals surface area contributed by atoms with E-state index in [1.165, 1.54) is 0 Å². The van der Waals surface area contributed by atoms with Gasteiger partial charge in [-0.25, -0.2) is 14.4 Å². The highest BCUT2D eigenvalue weighted by Crippen LogP contribution is 2.39. The molecule has 1 aliphatic carbocycles. The van der Waals surface area contributed by atoms with Gasteiger partial charge in [-0.3, -0.25) is 4.79 Å². The van der Waals surface area contributed by atoms with Crippen LogP contribution in [0.5, 0.6) is 11.5 Å². The van der Waals surface area contributed by atoms with E-state index in [2.05, 4.69) is 29.8 Å². The van der Waals surface area contributed by atoms with Crippen LogP contribution in [0.15, 0.2) is 18.2 Å². The number of aliphatic hydroxyl groups is 1. The van der Waals surface area contributed by atoms with E-state index in [9.17, 15) is 24.3 Å². The zero-order valence-corrected chi connectivity index (χ0v) is 38.5. The van der Waals surface area contributed by atoms with E-state index in [1.54, 1.807) is 55.8 Å². The molecule has 14 heteroatoms. The first-order valence-corrected chi connectivity index (χ1v) is 21.3. The zero-order valence-electron chi connectivity index (χ0n) is 38.5. The van der Waals surface area contributed by atoms with Gasteiger partial charge in [-0.2, -0.15) is 0 Å². The zero-order chi connectivity index (χ0) is 44.7. The number of methoxy groups -OCH3 is 2. The van der Waals surface area contributed by atoms with Crippen LogP contribution in [0.25, 0.3) is 0 Å². The number of carbonyl (C=O) groups excluding carboxylic acids is 4. The van der Waals surface area contributed by atoms with Gasteiger partial charge in [0.2, 0.25) is 5.91 Å². The van der Waals surface area contributed by atoms with Gasteiger partial charge in [-0.15, -0.1) is 0 Å². The smallest absolute Gasteiger partial charge is 0.408 e. The van der Waals surface area contributed by atoms with Crippen LogP contribution in [0.3, 0.4) is 0 Å². The van der Waals surface area contributed by atoms with E-state index in [0.717, 1.165) is 12.0 Å². The van der Waals surface area contributed by atoms with Crippen molar-refractivity contribution in [2.24, 2.45) is 29.1 Å². The number of aliphatic hydroxyl groups excluding tert-OH is 1. The van der Waals surface area contributed by atoms with Crippen LogP contribution in [0.4, 0.5) is 9.59 Å². The van der Waals surface area contributed by atoms with Gasteiger partial charge in [0.25, 0.3) is 0 Å². The van der Waals surface area contributed by atoms with Crippen LogP contribution in [0.2, 0.25) is 0 Å². The average molecular weight is 836 g/mol. The molecule has 0 unspecified atom stereocenters. The fraction of sp³-hybridized carbons (Fsp3) is 0.778. The summed E-state index contributed by atoms with van der Waals surface area (Å²) in [5.74, 6) is 0.536. The number of alkyl carbamates (subject to hydrolysis) is 2. The summed E-state index contributed by atoms with van der Waals surface area (Å²) in [6, 6.07) is 4.27. The molecular formula is C45H77N3O11. The molecule has 0 heterocycles. The monoisotopic (exact) mass is 836 g/mol. The maximum absolute atomic E-state index is 13.8. The summed E-state index contributed by atoms with van der Waals surface area (Å²) >= 11 is 0. The molecule has 3 amide bonds. The molecule has 338 valence electrons. The van der Waals surface area contributed by atoms with Crippen molar-refractivity contribution in [3.63, 3.8) is 0 Å². The van der Waals surface area contributed by atoms with Crippen LogP contribution >= 0.6 is 0 Å². The number of carbonyl (C=O) groups is 4. The Morgan fingerprint density at radius 3 is 1.92 bits per heavy atom. The summed E-state index contributed by atoms with van der Waals surface area (Å²) in [6.45, 7) is 23.2. The molecule has 1 aromatic rings. The standard InChI is InChI=1S/C45H77N3O11/c1-28(2)31(24-30-16-21-36(55-14)37(25-30)56-23-15-22-54-13)26-34(47-41(52)58-43(5,6)7)35(49)27-46-40(51)45(11,12)32-17-19-33(20-18-32)57-39(50)38(29(3)4)48-42(53)59-44(8,9)10/h16,21,25,28-29,31-35,38,49H,15,17-20,22-24,26-27H2,1-14H3,(H,46,51)(H,47,52)(H,48,53)/t31-,32-,33-,34-,35-,38-/m0/s1. The molecule has 0 aliphatic heterocycles. The van der Waals surface area contributed by atoms with Gasteiger partial charge in [0.15, 0.2) is 11.5 Å². The third-order valence-corrected chi connectivity index (χ3v) is 10.8. The van der Waals surface area contributed by atoms with Crippen molar-refractivity contribution in [3.05, 3.63) is 23.8 Å². The van der Waals surface area contributed by atoms with Crippen molar-refractivity contribution in [1.29, 1.82) is 0 Å². The Hall–Kier alpha value is -3.78. The lowest BCUT2D eigenvalue weighted by molar-refractivity contribution is -0.156. The number of hydrogen-bond donors (Lipinski definition) is 4. The predicted octanol–water partition coefficient (Wildman–Crippen LogP) is 7.36. The van der Waals surface area contributed by atoms with Crippen LogP contribution in [-0.2, 0) is 35.0 Å². The van der Waals surface area contributed by atoms with Crippen molar-refractivity contribution < 1.29 is 52.7 Å². The SMILES string of the molecule is COCCCOc1cc(C[C@@H](C[C@H](NC(=O)OC(C)(C)C)[C@@H](O)CNC(=O)C(C)(C)[C@H]2CC[C@H](OC(=O)[C@@H](NC(=O)OC(C)(C)C)C(C)C)CC2)C(C)C)ccc1OC. The third-order valence-electron chi connectivity index (χ3n) is 10.8. The molecule has 1 fully saturated rings. The molecule has 14 nitrogen and oxygen atoms in total.